The first-order valence-corrected chi connectivity index (χ1v) is 8.34. The second-order valence-electron chi connectivity index (χ2n) is 8.05. The number of hydrogen-bond donors (Lipinski definition) is 6. The third-order valence-corrected chi connectivity index (χ3v) is 5.14. The fourth-order valence-electron chi connectivity index (χ4n) is 3.46. The van der Waals surface area contributed by atoms with Gasteiger partial charge in [0.05, 0.1) is 18.1 Å². The Labute approximate surface area is 148 Å². The Morgan fingerprint density at radius 3 is 2.00 bits per heavy atom. The van der Waals surface area contributed by atoms with E-state index >= 15 is 0 Å². The van der Waals surface area contributed by atoms with Crippen molar-refractivity contribution in [3.63, 3.8) is 0 Å². The van der Waals surface area contributed by atoms with Gasteiger partial charge in [0.15, 0.2) is 0 Å². The number of hydroxylamine groups is 2. The predicted octanol–water partition coefficient (Wildman–Crippen LogP) is -1.85. The van der Waals surface area contributed by atoms with Crippen LogP contribution in [-0.4, -0.2) is 102 Å². The standard InChI is InChI=1S/C16H32N2O7/c1-15(2)6-9(16(3,4)18(15)25)14(24)17(5)7-10(20)12(22)13(23)11(21)8-19/h9-13,19-23,25H,6-8H2,1-5H3. The van der Waals surface area contributed by atoms with Gasteiger partial charge in [-0.3, -0.25) is 4.79 Å². The summed E-state index contributed by atoms with van der Waals surface area (Å²) in [5.41, 5.74) is -1.38. The molecule has 0 aliphatic carbocycles. The SMILES string of the molecule is CN(CC(O)C(O)C(O)C(O)CO)C(=O)C1CC(C)(C)N(O)C1(C)C. The summed E-state index contributed by atoms with van der Waals surface area (Å²) in [4.78, 5) is 14.0. The molecule has 1 rings (SSSR count). The molecular formula is C16H32N2O7. The summed E-state index contributed by atoms with van der Waals surface area (Å²) in [5.74, 6) is -0.826. The lowest BCUT2D eigenvalue weighted by Crippen LogP contribution is -2.53. The largest absolute Gasteiger partial charge is 0.394 e. The Bertz CT molecular complexity index is 471. The molecule has 0 radical (unpaired) electrons. The fourth-order valence-corrected chi connectivity index (χ4v) is 3.46. The molecule has 1 amide bonds. The van der Waals surface area contributed by atoms with Crippen molar-refractivity contribution >= 4 is 5.91 Å². The van der Waals surface area contributed by atoms with Crippen molar-refractivity contribution in [1.82, 2.24) is 9.96 Å². The van der Waals surface area contributed by atoms with Crippen LogP contribution in [0.3, 0.4) is 0 Å². The van der Waals surface area contributed by atoms with E-state index in [0.717, 1.165) is 0 Å². The van der Waals surface area contributed by atoms with Gasteiger partial charge in [0.2, 0.25) is 5.91 Å². The maximum absolute atomic E-state index is 12.8. The molecule has 5 unspecified atom stereocenters. The minimum Gasteiger partial charge on any atom is -0.394 e. The molecule has 1 aliphatic rings. The van der Waals surface area contributed by atoms with Gasteiger partial charge in [0.25, 0.3) is 0 Å². The molecule has 0 saturated carbocycles. The number of aliphatic hydroxyl groups is 5. The lowest BCUT2D eigenvalue weighted by molar-refractivity contribution is -0.198. The molecule has 0 bridgehead atoms. The number of carbonyl (C=O) groups is 1. The Balaban J connectivity index is 2.77. The highest BCUT2D eigenvalue weighted by atomic mass is 16.5. The predicted molar refractivity (Wildman–Crippen MR) is 88.6 cm³/mol. The van der Waals surface area contributed by atoms with Crippen molar-refractivity contribution in [3.05, 3.63) is 0 Å². The molecule has 9 nitrogen and oxygen atoms in total. The fraction of sp³-hybridized carbons (Fsp3) is 0.938. The van der Waals surface area contributed by atoms with Gasteiger partial charge in [-0.15, -0.1) is 0 Å². The zero-order valence-corrected chi connectivity index (χ0v) is 15.5. The number of amides is 1. The molecule has 25 heavy (non-hydrogen) atoms. The van der Waals surface area contributed by atoms with Gasteiger partial charge >= 0.3 is 0 Å². The average molecular weight is 364 g/mol. The number of likely N-dealkylation sites (N-methyl/N-ethyl adjacent to an activating group) is 1. The van der Waals surface area contributed by atoms with Gasteiger partial charge in [0, 0.05) is 19.1 Å². The second-order valence-corrected chi connectivity index (χ2v) is 8.05. The molecule has 1 saturated heterocycles. The van der Waals surface area contributed by atoms with E-state index in [1.165, 1.54) is 17.0 Å². The third kappa shape index (κ3) is 4.48. The Morgan fingerprint density at radius 1 is 1.12 bits per heavy atom. The van der Waals surface area contributed by atoms with Gasteiger partial charge in [0.1, 0.15) is 24.4 Å². The van der Waals surface area contributed by atoms with Crippen LogP contribution in [0.2, 0.25) is 0 Å². The highest BCUT2D eigenvalue weighted by Crippen LogP contribution is 2.44. The van der Waals surface area contributed by atoms with Crippen LogP contribution in [0.5, 0.6) is 0 Å². The normalized spacial score (nSPS) is 27.6. The van der Waals surface area contributed by atoms with E-state index in [0.29, 0.717) is 6.42 Å². The highest BCUT2D eigenvalue weighted by Gasteiger charge is 2.54. The van der Waals surface area contributed by atoms with Crippen LogP contribution in [0.1, 0.15) is 34.1 Å². The molecule has 1 fully saturated rings. The van der Waals surface area contributed by atoms with Crippen molar-refractivity contribution in [2.24, 2.45) is 5.92 Å². The van der Waals surface area contributed by atoms with E-state index in [4.69, 9.17) is 5.11 Å². The molecule has 0 aromatic heterocycles. The van der Waals surface area contributed by atoms with E-state index in [2.05, 4.69) is 0 Å². The maximum atomic E-state index is 12.8. The number of nitrogens with zero attached hydrogens (tertiary/aromatic N) is 2. The topological polar surface area (TPSA) is 145 Å². The number of carbonyl (C=O) groups excluding carboxylic acids is 1. The van der Waals surface area contributed by atoms with Gasteiger partial charge < -0.3 is 35.6 Å². The Kier molecular flexibility index (Phi) is 6.96. The van der Waals surface area contributed by atoms with E-state index in [-0.39, 0.29) is 12.5 Å². The molecule has 0 spiro atoms. The number of hydrogen-bond acceptors (Lipinski definition) is 8. The number of aliphatic hydroxyl groups excluding tert-OH is 5. The van der Waals surface area contributed by atoms with Crippen LogP contribution in [0, 0.1) is 5.92 Å². The van der Waals surface area contributed by atoms with Gasteiger partial charge in [-0.1, -0.05) is 0 Å². The summed E-state index contributed by atoms with van der Waals surface area (Å²) in [6.07, 6.45) is -6.14. The quantitative estimate of drug-likeness (QED) is 0.309. The van der Waals surface area contributed by atoms with Gasteiger partial charge in [-0.25, -0.2) is 0 Å². The van der Waals surface area contributed by atoms with Crippen LogP contribution in [0.15, 0.2) is 0 Å². The van der Waals surface area contributed by atoms with Crippen LogP contribution in [0.25, 0.3) is 0 Å². The third-order valence-electron chi connectivity index (χ3n) is 5.14. The molecule has 5 atom stereocenters. The average Bonchev–Trinajstić information content (AvgIpc) is 2.71. The van der Waals surface area contributed by atoms with Crippen LogP contribution >= 0.6 is 0 Å². The molecule has 1 aliphatic heterocycles. The van der Waals surface area contributed by atoms with Crippen molar-refractivity contribution < 1.29 is 35.5 Å². The summed E-state index contributed by atoms with van der Waals surface area (Å²) < 4.78 is 0. The van der Waals surface area contributed by atoms with Crippen molar-refractivity contribution in [1.29, 1.82) is 0 Å². The summed E-state index contributed by atoms with van der Waals surface area (Å²) in [7, 11) is 1.45. The smallest absolute Gasteiger partial charge is 0.227 e. The highest BCUT2D eigenvalue weighted by molar-refractivity contribution is 5.80. The van der Waals surface area contributed by atoms with E-state index in [1.807, 2.05) is 13.8 Å². The van der Waals surface area contributed by atoms with Crippen LogP contribution in [0.4, 0.5) is 0 Å². The first kappa shape index (κ1) is 22.2. The zero-order valence-electron chi connectivity index (χ0n) is 15.5. The minimum atomic E-state index is -1.74. The van der Waals surface area contributed by atoms with Gasteiger partial charge in [-0.05, 0) is 34.1 Å². The minimum absolute atomic E-state index is 0.270. The van der Waals surface area contributed by atoms with E-state index in [9.17, 15) is 30.4 Å². The Hall–Kier alpha value is -0.810. The first-order valence-electron chi connectivity index (χ1n) is 8.34. The van der Waals surface area contributed by atoms with Crippen molar-refractivity contribution in [3.8, 4) is 0 Å². The summed E-state index contributed by atoms with van der Waals surface area (Å²) in [6.45, 7) is 6.13. The van der Waals surface area contributed by atoms with Crippen molar-refractivity contribution in [2.75, 3.05) is 20.2 Å². The lowest BCUT2D eigenvalue weighted by atomic mass is 9.86. The van der Waals surface area contributed by atoms with E-state index < -0.39 is 48.0 Å². The zero-order chi connectivity index (χ0) is 19.7. The van der Waals surface area contributed by atoms with Crippen molar-refractivity contribution in [2.45, 2.75) is 69.6 Å². The molecule has 1 heterocycles. The van der Waals surface area contributed by atoms with Crippen LogP contribution in [-0.2, 0) is 4.79 Å². The summed E-state index contributed by atoms with van der Waals surface area (Å²) >= 11 is 0. The Morgan fingerprint density at radius 2 is 1.60 bits per heavy atom. The number of rotatable bonds is 7. The monoisotopic (exact) mass is 364 g/mol. The molecule has 0 aromatic rings. The summed E-state index contributed by atoms with van der Waals surface area (Å²) in [6, 6.07) is 0. The first-order chi connectivity index (χ1) is 11.3. The second kappa shape index (κ2) is 7.83. The molecule has 0 aromatic carbocycles. The van der Waals surface area contributed by atoms with Gasteiger partial charge in [-0.2, -0.15) is 5.06 Å². The molecule has 148 valence electrons. The molecular weight excluding hydrogens is 332 g/mol. The molecule has 9 heteroatoms. The summed E-state index contributed by atoms with van der Waals surface area (Å²) in [5, 5.41) is 59.1. The van der Waals surface area contributed by atoms with E-state index in [1.54, 1.807) is 13.8 Å². The van der Waals surface area contributed by atoms with Crippen LogP contribution < -0.4 is 0 Å². The lowest BCUT2D eigenvalue weighted by Gasteiger charge is -2.36. The maximum Gasteiger partial charge on any atom is 0.227 e. The molecule has 6 N–H and O–H groups in total.